The molecule has 0 saturated heterocycles. The van der Waals surface area contributed by atoms with Crippen LogP contribution in [0, 0.1) is 0 Å². The molecular formula is C22H19ClO3. The molecule has 0 amide bonds. The van der Waals surface area contributed by atoms with Crippen molar-refractivity contribution < 1.29 is 14.6 Å². The first-order valence-corrected chi connectivity index (χ1v) is 8.62. The number of carbonyl (C=O) groups excluding carboxylic acids is 1. The number of ether oxygens (including phenoxy) is 1. The number of rotatable bonds is 4. The minimum Gasteiger partial charge on any atom is -0.508 e. The van der Waals surface area contributed by atoms with Gasteiger partial charge in [0.25, 0.3) is 0 Å². The van der Waals surface area contributed by atoms with E-state index in [-0.39, 0.29) is 11.2 Å². The fourth-order valence-electron chi connectivity index (χ4n) is 2.77. The van der Waals surface area contributed by atoms with Gasteiger partial charge in [-0.25, -0.2) is 4.79 Å². The number of carbonyl (C=O) groups is 1. The molecule has 0 spiro atoms. The van der Waals surface area contributed by atoms with E-state index < -0.39 is 5.97 Å². The maximum absolute atomic E-state index is 12.2. The van der Waals surface area contributed by atoms with Gasteiger partial charge in [-0.15, -0.1) is 0 Å². The lowest BCUT2D eigenvalue weighted by molar-refractivity contribution is 0.0734. The van der Waals surface area contributed by atoms with Crippen LogP contribution >= 0.6 is 11.6 Å². The zero-order valence-corrected chi connectivity index (χ0v) is 15.3. The van der Waals surface area contributed by atoms with Crippen LogP contribution in [-0.2, 0) is 5.41 Å². The zero-order chi connectivity index (χ0) is 18.7. The standard InChI is InChI=1S/C22H19ClO3/c1-22(2,16-6-10-19(24)11-7-16)17-8-12-20(13-9-17)26-21(25)15-4-3-5-18(23)14-15/h3-14,24H,1-2H3. The topological polar surface area (TPSA) is 46.5 Å². The highest BCUT2D eigenvalue weighted by molar-refractivity contribution is 6.30. The van der Waals surface area contributed by atoms with E-state index in [0.29, 0.717) is 16.3 Å². The van der Waals surface area contributed by atoms with Crippen molar-refractivity contribution in [3.05, 3.63) is 94.5 Å². The van der Waals surface area contributed by atoms with Crippen LogP contribution in [0.1, 0.15) is 35.3 Å². The minimum atomic E-state index is -0.446. The number of esters is 1. The van der Waals surface area contributed by atoms with Crippen molar-refractivity contribution in [2.24, 2.45) is 0 Å². The third-order valence-electron chi connectivity index (χ3n) is 4.44. The first-order chi connectivity index (χ1) is 12.4. The van der Waals surface area contributed by atoms with Gasteiger partial charge in [-0.05, 0) is 53.6 Å². The van der Waals surface area contributed by atoms with Crippen LogP contribution in [-0.4, -0.2) is 11.1 Å². The number of benzene rings is 3. The summed E-state index contributed by atoms with van der Waals surface area (Å²) < 4.78 is 5.41. The molecular weight excluding hydrogens is 348 g/mol. The van der Waals surface area contributed by atoms with Gasteiger partial charge >= 0.3 is 5.97 Å². The van der Waals surface area contributed by atoms with Crippen LogP contribution in [0.3, 0.4) is 0 Å². The van der Waals surface area contributed by atoms with E-state index in [1.807, 2.05) is 24.3 Å². The molecule has 0 heterocycles. The molecule has 0 aliphatic heterocycles. The SMILES string of the molecule is CC(C)(c1ccc(O)cc1)c1ccc(OC(=O)c2cccc(Cl)c2)cc1. The summed E-state index contributed by atoms with van der Waals surface area (Å²) in [5, 5.41) is 9.96. The van der Waals surface area contributed by atoms with E-state index in [2.05, 4.69) is 13.8 Å². The van der Waals surface area contributed by atoms with Crippen molar-refractivity contribution in [2.75, 3.05) is 0 Å². The van der Waals surface area contributed by atoms with E-state index in [1.165, 1.54) is 0 Å². The Balaban J connectivity index is 1.77. The van der Waals surface area contributed by atoms with Gasteiger partial charge in [0.1, 0.15) is 11.5 Å². The van der Waals surface area contributed by atoms with Crippen LogP contribution < -0.4 is 4.74 Å². The smallest absolute Gasteiger partial charge is 0.343 e. The molecule has 0 unspecified atom stereocenters. The molecule has 4 heteroatoms. The second-order valence-electron chi connectivity index (χ2n) is 6.60. The van der Waals surface area contributed by atoms with Crippen LogP contribution in [0.2, 0.25) is 5.02 Å². The summed E-state index contributed by atoms with van der Waals surface area (Å²) >= 11 is 5.91. The molecule has 1 N–H and O–H groups in total. The second-order valence-corrected chi connectivity index (χ2v) is 7.03. The zero-order valence-electron chi connectivity index (χ0n) is 14.6. The predicted octanol–water partition coefficient (Wildman–Crippen LogP) is 5.59. The maximum Gasteiger partial charge on any atom is 0.343 e. The summed E-state index contributed by atoms with van der Waals surface area (Å²) in [6.45, 7) is 4.21. The molecule has 0 saturated carbocycles. The first-order valence-electron chi connectivity index (χ1n) is 8.24. The highest BCUT2D eigenvalue weighted by Gasteiger charge is 2.23. The Bertz CT molecular complexity index is 913. The van der Waals surface area contributed by atoms with Crippen molar-refractivity contribution in [3.63, 3.8) is 0 Å². The van der Waals surface area contributed by atoms with Gasteiger partial charge in [0.2, 0.25) is 0 Å². The molecule has 0 radical (unpaired) electrons. The summed E-state index contributed by atoms with van der Waals surface area (Å²) in [6.07, 6.45) is 0. The Labute approximate surface area is 157 Å². The number of hydrogen-bond donors (Lipinski definition) is 1. The van der Waals surface area contributed by atoms with Gasteiger partial charge in [-0.1, -0.05) is 55.8 Å². The Kier molecular flexibility index (Phi) is 5.01. The van der Waals surface area contributed by atoms with Crippen LogP contribution in [0.25, 0.3) is 0 Å². The largest absolute Gasteiger partial charge is 0.508 e. The van der Waals surface area contributed by atoms with E-state index in [9.17, 15) is 9.90 Å². The maximum atomic E-state index is 12.2. The quantitative estimate of drug-likeness (QED) is 0.483. The monoisotopic (exact) mass is 366 g/mol. The van der Waals surface area contributed by atoms with Crippen LogP contribution in [0.15, 0.2) is 72.8 Å². The Hall–Kier alpha value is -2.78. The number of halogens is 1. The number of phenols is 1. The van der Waals surface area contributed by atoms with Gasteiger partial charge in [-0.3, -0.25) is 0 Å². The van der Waals surface area contributed by atoms with Gasteiger partial charge in [-0.2, -0.15) is 0 Å². The van der Waals surface area contributed by atoms with Gasteiger partial charge in [0.05, 0.1) is 5.56 Å². The number of hydrogen-bond acceptors (Lipinski definition) is 3. The summed E-state index contributed by atoms with van der Waals surface area (Å²) in [5.74, 6) is 0.270. The molecule has 3 aromatic rings. The Morgan fingerprint density at radius 1 is 0.923 bits per heavy atom. The average molecular weight is 367 g/mol. The van der Waals surface area contributed by atoms with E-state index in [4.69, 9.17) is 16.3 Å². The predicted molar refractivity (Wildman–Crippen MR) is 103 cm³/mol. The van der Waals surface area contributed by atoms with Crippen molar-refractivity contribution in [3.8, 4) is 11.5 Å². The van der Waals surface area contributed by atoms with Gasteiger partial charge < -0.3 is 9.84 Å². The molecule has 3 aromatic carbocycles. The number of aromatic hydroxyl groups is 1. The molecule has 0 aromatic heterocycles. The lowest BCUT2D eigenvalue weighted by atomic mass is 9.78. The molecule has 3 nitrogen and oxygen atoms in total. The fourth-order valence-corrected chi connectivity index (χ4v) is 2.96. The highest BCUT2D eigenvalue weighted by atomic mass is 35.5. The molecule has 0 fully saturated rings. The summed E-state index contributed by atoms with van der Waals surface area (Å²) in [7, 11) is 0. The van der Waals surface area contributed by atoms with Gasteiger partial charge in [0, 0.05) is 10.4 Å². The van der Waals surface area contributed by atoms with Crippen LogP contribution in [0.4, 0.5) is 0 Å². The third-order valence-corrected chi connectivity index (χ3v) is 4.67. The Morgan fingerprint density at radius 3 is 2.08 bits per heavy atom. The average Bonchev–Trinajstić information content (AvgIpc) is 2.62. The minimum absolute atomic E-state index is 0.243. The van der Waals surface area contributed by atoms with Crippen LogP contribution in [0.5, 0.6) is 11.5 Å². The molecule has 0 bridgehead atoms. The summed E-state index contributed by atoms with van der Waals surface area (Å²) in [5.41, 5.74) is 2.32. The molecule has 0 aliphatic rings. The van der Waals surface area contributed by atoms with E-state index in [0.717, 1.165) is 11.1 Å². The molecule has 0 aliphatic carbocycles. The normalized spacial score (nSPS) is 11.2. The number of phenolic OH excluding ortho intramolecular Hbond substituents is 1. The first kappa shape index (κ1) is 18.0. The van der Waals surface area contributed by atoms with Crippen molar-refractivity contribution >= 4 is 17.6 Å². The van der Waals surface area contributed by atoms with E-state index in [1.54, 1.807) is 48.5 Å². The fraction of sp³-hybridized carbons (Fsp3) is 0.136. The van der Waals surface area contributed by atoms with Crippen molar-refractivity contribution in [1.82, 2.24) is 0 Å². The van der Waals surface area contributed by atoms with Crippen molar-refractivity contribution in [1.29, 1.82) is 0 Å². The van der Waals surface area contributed by atoms with Gasteiger partial charge in [0.15, 0.2) is 0 Å². The molecule has 3 rings (SSSR count). The highest BCUT2D eigenvalue weighted by Crippen LogP contribution is 2.33. The molecule has 26 heavy (non-hydrogen) atoms. The van der Waals surface area contributed by atoms with E-state index >= 15 is 0 Å². The van der Waals surface area contributed by atoms with Crippen molar-refractivity contribution in [2.45, 2.75) is 19.3 Å². The lowest BCUT2D eigenvalue weighted by Crippen LogP contribution is -2.18. The molecule has 0 atom stereocenters. The Morgan fingerprint density at radius 2 is 1.50 bits per heavy atom. The lowest BCUT2D eigenvalue weighted by Gasteiger charge is -2.26. The second kappa shape index (κ2) is 7.22. The summed E-state index contributed by atoms with van der Waals surface area (Å²) in [6, 6.07) is 21.3. The summed E-state index contributed by atoms with van der Waals surface area (Å²) in [4.78, 5) is 12.2. The third kappa shape index (κ3) is 3.89. The molecule has 132 valence electrons.